The molecule has 0 saturated heterocycles. The van der Waals surface area contributed by atoms with Crippen LogP contribution in [0.2, 0.25) is 0 Å². The van der Waals surface area contributed by atoms with E-state index in [1.807, 2.05) is 86.7 Å². The first-order chi connectivity index (χ1) is 16.0. The van der Waals surface area contributed by atoms with Gasteiger partial charge in [0, 0.05) is 28.2 Å². The number of carbonyl (C=O) groups excluding carboxylic acids is 2. The van der Waals surface area contributed by atoms with E-state index in [0.717, 1.165) is 22.5 Å². The van der Waals surface area contributed by atoms with Crippen molar-refractivity contribution in [2.24, 2.45) is 0 Å². The van der Waals surface area contributed by atoms with Gasteiger partial charge >= 0.3 is 0 Å². The summed E-state index contributed by atoms with van der Waals surface area (Å²) in [6.07, 6.45) is 6.29. The highest BCUT2D eigenvalue weighted by Gasteiger charge is 2.35. The largest absolute Gasteiger partial charge is 0.355 e. The zero-order chi connectivity index (χ0) is 22.9. The standard InChI is InChI=1S/C29H24N2O2/c1-18-10-14-20(15-11-18)30-24-8-4-3-6-22-26(24)29(33)27-23(28(22)32)7-5-9-25(27)31-21-16-12-19(2)13-17-21/h3,5-17,30-31H,4H2,1-2H3. The van der Waals surface area contributed by atoms with E-state index in [-0.39, 0.29) is 11.6 Å². The van der Waals surface area contributed by atoms with Crippen molar-refractivity contribution in [1.29, 1.82) is 0 Å². The first kappa shape index (κ1) is 20.7. The molecule has 2 aliphatic carbocycles. The number of rotatable bonds is 4. The Morgan fingerprint density at radius 3 is 2.03 bits per heavy atom. The predicted octanol–water partition coefficient (Wildman–Crippen LogP) is 6.68. The van der Waals surface area contributed by atoms with E-state index >= 15 is 0 Å². The lowest BCUT2D eigenvalue weighted by Crippen LogP contribution is -2.25. The van der Waals surface area contributed by atoms with E-state index in [1.165, 1.54) is 0 Å². The molecule has 0 unspecified atom stereocenters. The normalized spacial score (nSPS) is 14.9. The van der Waals surface area contributed by atoms with Gasteiger partial charge in [-0.3, -0.25) is 9.59 Å². The van der Waals surface area contributed by atoms with Gasteiger partial charge in [-0.25, -0.2) is 0 Å². The molecule has 0 heterocycles. The molecular formula is C29H24N2O2. The number of anilines is 3. The highest BCUT2D eigenvalue weighted by Crippen LogP contribution is 2.37. The summed E-state index contributed by atoms with van der Waals surface area (Å²) >= 11 is 0. The van der Waals surface area contributed by atoms with E-state index in [0.29, 0.717) is 40.1 Å². The van der Waals surface area contributed by atoms with Gasteiger partial charge in [-0.1, -0.05) is 65.8 Å². The van der Waals surface area contributed by atoms with Crippen molar-refractivity contribution in [3.8, 4) is 0 Å². The molecule has 0 aromatic heterocycles. The van der Waals surface area contributed by atoms with Crippen LogP contribution in [0.25, 0.3) is 0 Å². The summed E-state index contributed by atoms with van der Waals surface area (Å²) in [7, 11) is 0. The van der Waals surface area contributed by atoms with Crippen LogP contribution < -0.4 is 10.6 Å². The molecule has 33 heavy (non-hydrogen) atoms. The van der Waals surface area contributed by atoms with E-state index < -0.39 is 0 Å². The molecule has 0 amide bonds. The summed E-state index contributed by atoms with van der Waals surface area (Å²) in [5.74, 6) is -0.297. The van der Waals surface area contributed by atoms with Crippen LogP contribution in [0.15, 0.2) is 102 Å². The fourth-order valence-corrected chi connectivity index (χ4v) is 4.19. The van der Waals surface area contributed by atoms with Crippen molar-refractivity contribution < 1.29 is 9.59 Å². The molecule has 0 spiro atoms. The zero-order valence-corrected chi connectivity index (χ0v) is 18.6. The minimum Gasteiger partial charge on any atom is -0.355 e. The van der Waals surface area contributed by atoms with E-state index in [1.54, 1.807) is 12.1 Å². The Morgan fingerprint density at radius 1 is 0.727 bits per heavy atom. The van der Waals surface area contributed by atoms with Gasteiger partial charge in [0.25, 0.3) is 0 Å². The number of benzene rings is 3. The lowest BCUT2D eigenvalue weighted by atomic mass is 9.82. The van der Waals surface area contributed by atoms with Gasteiger partial charge in [0.05, 0.1) is 16.8 Å². The van der Waals surface area contributed by atoms with E-state index in [4.69, 9.17) is 0 Å². The Hall–Kier alpha value is -4.18. The van der Waals surface area contributed by atoms with Gasteiger partial charge in [0.15, 0.2) is 11.6 Å². The maximum Gasteiger partial charge on any atom is 0.198 e. The van der Waals surface area contributed by atoms with Gasteiger partial charge in [-0.15, -0.1) is 0 Å². The molecule has 5 rings (SSSR count). The summed E-state index contributed by atoms with van der Waals surface area (Å²) in [5, 5.41) is 6.71. The smallest absolute Gasteiger partial charge is 0.198 e. The Bertz CT molecular complexity index is 1360. The number of ketones is 2. The van der Waals surface area contributed by atoms with E-state index in [2.05, 4.69) is 10.6 Å². The first-order valence-corrected chi connectivity index (χ1v) is 11.0. The minimum absolute atomic E-state index is 0.137. The molecule has 0 fully saturated rings. The third-order valence-electron chi connectivity index (χ3n) is 5.95. The van der Waals surface area contributed by atoms with Gasteiger partial charge in [-0.2, -0.15) is 0 Å². The van der Waals surface area contributed by atoms with Crippen molar-refractivity contribution in [3.63, 3.8) is 0 Å². The average molecular weight is 433 g/mol. The lowest BCUT2D eigenvalue weighted by molar-refractivity contribution is 0.0980. The molecule has 4 nitrogen and oxygen atoms in total. The highest BCUT2D eigenvalue weighted by molar-refractivity contribution is 6.31. The van der Waals surface area contributed by atoms with Crippen LogP contribution in [-0.4, -0.2) is 11.6 Å². The molecule has 0 aliphatic heterocycles. The van der Waals surface area contributed by atoms with Crippen LogP contribution in [-0.2, 0) is 0 Å². The summed E-state index contributed by atoms with van der Waals surface area (Å²) in [6, 6.07) is 21.3. The molecular weight excluding hydrogens is 408 g/mol. The van der Waals surface area contributed by atoms with Crippen molar-refractivity contribution >= 4 is 28.6 Å². The van der Waals surface area contributed by atoms with Crippen LogP contribution in [0.5, 0.6) is 0 Å². The van der Waals surface area contributed by atoms with Crippen molar-refractivity contribution in [2.45, 2.75) is 20.3 Å². The summed E-state index contributed by atoms with van der Waals surface area (Å²) in [6.45, 7) is 4.06. The molecule has 2 N–H and O–H groups in total. The molecule has 0 saturated carbocycles. The quantitative estimate of drug-likeness (QED) is 0.483. The second-order valence-corrected chi connectivity index (χ2v) is 8.41. The number of Topliss-reactive ketones (excluding diaryl/α,β-unsaturated/α-hetero) is 2. The fraction of sp³-hybridized carbons (Fsp3) is 0.103. The molecule has 0 atom stereocenters. The number of allylic oxidation sites excluding steroid dienone is 5. The number of hydrogen-bond donors (Lipinski definition) is 2. The zero-order valence-electron chi connectivity index (χ0n) is 18.6. The van der Waals surface area contributed by atoms with Crippen LogP contribution in [0.4, 0.5) is 17.1 Å². The predicted molar refractivity (Wildman–Crippen MR) is 133 cm³/mol. The second kappa shape index (κ2) is 8.40. The molecule has 0 radical (unpaired) electrons. The Morgan fingerprint density at radius 2 is 1.36 bits per heavy atom. The summed E-state index contributed by atoms with van der Waals surface area (Å²) in [4.78, 5) is 27.4. The first-order valence-electron chi connectivity index (χ1n) is 11.0. The molecule has 4 heteroatoms. The Balaban J connectivity index is 1.58. The number of nitrogens with one attached hydrogen (secondary N) is 2. The Kier molecular flexibility index (Phi) is 5.27. The molecule has 162 valence electrons. The van der Waals surface area contributed by atoms with Gasteiger partial charge < -0.3 is 10.6 Å². The van der Waals surface area contributed by atoms with Crippen LogP contribution in [0, 0.1) is 13.8 Å². The van der Waals surface area contributed by atoms with Crippen LogP contribution >= 0.6 is 0 Å². The lowest BCUT2D eigenvalue weighted by Gasteiger charge is -2.24. The van der Waals surface area contributed by atoms with Crippen LogP contribution in [0.1, 0.15) is 38.3 Å². The van der Waals surface area contributed by atoms with Crippen molar-refractivity contribution in [1.82, 2.24) is 0 Å². The SMILES string of the molecule is Cc1ccc(NC2=CCC=CC3=C2C(=O)c2c(Nc4ccc(C)cc4)cccc2C3=O)cc1. The van der Waals surface area contributed by atoms with Gasteiger partial charge in [0.1, 0.15) is 0 Å². The summed E-state index contributed by atoms with van der Waals surface area (Å²) in [5.41, 5.74) is 7.02. The number of hydrogen-bond acceptors (Lipinski definition) is 4. The molecule has 3 aromatic carbocycles. The summed E-state index contributed by atoms with van der Waals surface area (Å²) < 4.78 is 0. The monoisotopic (exact) mass is 432 g/mol. The molecule has 3 aromatic rings. The van der Waals surface area contributed by atoms with Crippen LogP contribution in [0.3, 0.4) is 0 Å². The average Bonchev–Trinajstić information content (AvgIpc) is 3.03. The topological polar surface area (TPSA) is 58.2 Å². The maximum absolute atomic E-state index is 13.9. The number of carbonyl (C=O) groups is 2. The highest BCUT2D eigenvalue weighted by atomic mass is 16.1. The molecule has 2 aliphatic rings. The number of fused-ring (bicyclic) bond motifs is 1. The van der Waals surface area contributed by atoms with Gasteiger partial charge in [0.2, 0.25) is 0 Å². The third-order valence-corrected chi connectivity index (χ3v) is 5.95. The van der Waals surface area contributed by atoms with Gasteiger partial charge in [-0.05, 0) is 50.6 Å². The second-order valence-electron chi connectivity index (χ2n) is 8.41. The number of aryl methyl sites for hydroxylation is 2. The molecule has 0 bridgehead atoms. The Labute approximate surface area is 193 Å². The fourth-order valence-electron chi connectivity index (χ4n) is 4.19. The van der Waals surface area contributed by atoms with Crippen molar-refractivity contribution in [3.05, 3.63) is 124 Å². The van der Waals surface area contributed by atoms with Crippen molar-refractivity contribution in [2.75, 3.05) is 10.6 Å². The maximum atomic E-state index is 13.9. The third kappa shape index (κ3) is 3.92. The minimum atomic E-state index is -0.160. The van der Waals surface area contributed by atoms with E-state index in [9.17, 15) is 9.59 Å².